The summed E-state index contributed by atoms with van der Waals surface area (Å²) >= 11 is 27.9. The van der Waals surface area contributed by atoms with Gasteiger partial charge in [0.05, 0.1) is 76.2 Å². The van der Waals surface area contributed by atoms with E-state index in [0.717, 1.165) is 4.57 Å². The van der Waals surface area contributed by atoms with E-state index in [9.17, 15) is 38.9 Å². The highest BCUT2D eigenvalue weighted by atomic mass is 32.5. The van der Waals surface area contributed by atoms with Crippen LogP contribution in [0.1, 0.15) is 83.2 Å². The van der Waals surface area contributed by atoms with E-state index in [0.29, 0.717) is 17.6 Å². The molecule has 0 radical (unpaired) electrons. The second-order valence-corrected chi connectivity index (χ2v) is 39.9. The van der Waals surface area contributed by atoms with Crippen molar-refractivity contribution < 1.29 is 93.4 Å². The summed E-state index contributed by atoms with van der Waals surface area (Å²) in [6.45, 7) is -17.4. The molecule has 5 aliphatic heterocycles. The van der Waals surface area contributed by atoms with Crippen LogP contribution in [-0.2, 0) is 128 Å². The van der Waals surface area contributed by atoms with Crippen LogP contribution >= 0.6 is 33.6 Å². The van der Waals surface area contributed by atoms with E-state index in [4.69, 9.17) is 157 Å². The molecule has 5 aliphatic rings. The van der Waals surface area contributed by atoms with Gasteiger partial charge < -0.3 is 122 Å². The van der Waals surface area contributed by atoms with Crippen molar-refractivity contribution in [2.45, 2.75) is 146 Å². The Kier molecular flexibility index (Phi) is 23.3. The monoisotopic (exact) mass is 1730 g/mol. The number of ether oxygens (including phenoxy) is 5. The van der Waals surface area contributed by atoms with Gasteiger partial charge in [-0.05, 0) is 72.4 Å². The van der Waals surface area contributed by atoms with E-state index in [1.54, 1.807) is 25.3 Å². The van der Waals surface area contributed by atoms with Crippen molar-refractivity contribution in [3.8, 4) is 0 Å². The first-order chi connectivity index (χ1) is 52.0. The van der Waals surface area contributed by atoms with Crippen LogP contribution in [0.2, 0.25) is 0 Å². The highest BCUT2D eigenvalue weighted by molar-refractivity contribution is 8.08. The Morgan fingerprint density at radius 3 is 1.27 bits per heavy atom. The topological polar surface area (TPSA) is 619 Å². The molecule has 22 atom stereocenters. The molecule has 596 valence electrons. The van der Waals surface area contributed by atoms with E-state index >= 15 is 0 Å². The minimum absolute atomic E-state index is 0.00169. The van der Waals surface area contributed by atoms with E-state index in [1.807, 2.05) is 6.92 Å². The zero-order valence-corrected chi connectivity index (χ0v) is 66.5. The van der Waals surface area contributed by atoms with Gasteiger partial charge in [0.25, 0.3) is 11.1 Å². The normalized spacial score (nSPS) is 30.0. The molecule has 0 bridgehead atoms. The van der Waals surface area contributed by atoms with Crippen LogP contribution in [0, 0.1) is 18.8 Å². The maximum atomic E-state index is 13.5. The lowest BCUT2D eigenvalue weighted by Crippen LogP contribution is -2.34. The summed E-state index contributed by atoms with van der Waals surface area (Å²) in [6, 6.07) is 0. The van der Waals surface area contributed by atoms with Crippen molar-refractivity contribution in [1.29, 1.82) is 0 Å². The molecule has 14 rings (SSSR count). The Morgan fingerprint density at radius 1 is 0.473 bits per heavy atom. The molecule has 17 N–H and O–H groups in total. The number of nitrogens with two attached hydrogens (primary N) is 5. The largest absolute Gasteiger partial charge is 0.383 e. The molecule has 10 unspecified atom stereocenters. The summed E-state index contributed by atoms with van der Waals surface area (Å²) in [5.74, 6) is -1.75. The van der Waals surface area contributed by atoms with Crippen molar-refractivity contribution in [1.82, 2.24) is 87.6 Å². The van der Waals surface area contributed by atoms with Gasteiger partial charge in [0.2, 0.25) is 11.9 Å². The highest BCUT2D eigenvalue weighted by Crippen LogP contribution is 2.57. The highest BCUT2D eigenvalue weighted by Gasteiger charge is 2.52. The van der Waals surface area contributed by atoms with Crippen LogP contribution in [0.3, 0.4) is 0 Å². The van der Waals surface area contributed by atoms with Gasteiger partial charge in [-0.15, -0.1) is 0 Å². The third-order valence-electron chi connectivity index (χ3n) is 18.7. The minimum atomic E-state index is -4.59. The van der Waals surface area contributed by atoms with Crippen LogP contribution in [0.15, 0.2) is 58.5 Å². The number of nitrogens with zero attached hydrogens (tertiary/aromatic N) is 16. The molecular weight excluding hydrogens is 1650 g/mol. The fourth-order valence-corrected chi connectivity index (χ4v) is 20.4. The number of aromatic nitrogens is 18. The Hall–Kier alpha value is -5.87. The molecule has 14 heterocycles. The van der Waals surface area contributed by atoms with Crippen molar-refractivity contribution in [3.05, 3.63) is 80.9 Å². The zero-order valence-electron chi connectivity index (χ0n) is 57.9. The zero-order chi connectivity index (χ0) is 78.4. The quantitative estimate of drug-likeness (QED) is 0.0295. The fourth-order valence-electron chi connectivity index (χ4n) is 13.5. The first-order valence-electron chi connectivity index (χ1n) is 33.2. The molecule has 0 aromatic carbocycles. The van der Waals surface area contributed by atoms with Crippen LogP contribution in [0.5, 0.6) is 0 Å². The maximum Gasteiger partial charge on any atom is 0.351 e. The lowest BCUT2D eigenvalue weighted by atomic mass is 10.0. The molecule has 110 heavy (non-hydrogen) atoms. The number of fused-ring (bicyclic) bond motifs is 4. The predicted octanol–water partition coefficient (Wildman–Crippen LogP) is 1.47. The molecular formula is C54H72N23O23P5S5. The summed E-state index contributed by atoms with van der Waals surface area (Å²) in [7, 11) is 1.18. The Bertz CT molecular complexity index is 5440. The standard InChI is InChI=1S/C54H72N23O23P5S5/c1-6-24-25(7-33(91-24)74-17-66-37-46(74)69-52(58)71-48(37)78)96-102(82,107)87-12-29-27(9-34(93-29)75-18-67-38-47(75)70-53(59)72-49(38)79)98-103(83,108)88-11-28-26(8-32(92-28)73-10-21(2)41(55)68-54(73)80)97-104(84,109)89-13-31-40(23(4)51(95-31)77-20-65-36-43(57)61-16-63-45(36)77)100-105(85,110)90-14-30-39(99-101(81,106)86-5)22(3)50(94-30)76-19-64-35-42(56)60-15-62-44(35)76/h10,15-20,22-34,39-40,50-51H,6-9,11-14H2,1-5H3,(H,81,106)(H,82,107)(H,83,108)(H,84,109)(H,85,110)(H2,55,68,80)(H2,56,60,62)(H2,57,61,63)(H3,58,69,71,78)(H3,59,70,72,79)/t22-,23-,24+,25?,26?,27?,28+,29+,30+,31+,32+,33+,34+,39?,40?,50+,51+,101?,102?,103?,104?,105?/m0/s1. The lowest BCUT2D eigenvalue weighted by molar-refractivity contribution is -0.0559. The minimum Gasteiger partial charge on any atom is -0.383 e. The van der Waals surface area contributed by atoms with Gasteiger partial charge in [0.15, 0.2) is 45.3 Å². The number of anilines is 5. The molecule has 0 spiro atoms. The van der Waals surface area contributed by atoms with Crippen molar-refractivity contribution in [2.75, 3.05) is 62.2 Å². The summed E-state index contributed by atoms with van der Waals surface area (Å²) < 4.78 is 99.5. The van der Waals surface area contributed by atoms with E-state index in [1.165, 1.54) is 65.0 Å². The van der Waals surface area contributed by atoms with Crippen LogP contribution in [0.4, 0.5) is 29.4 Å². The molecule has 5 saturated heterocycles. The number of nitrogens with one attached hydrogen (secondary N) is 2. The Morgan fingerprint density at radius 2 is 0.845 bits per heavy atom. The summed E-state index contributed by atoms with van der Waals surface area (Å²) in [5, 5.41) is 0. The number of imidazole rings is 4. The van der Waals surface area contributed by atoms with Crippen molar-refractivity contribution >= 4 is 167 Å². The van der Waals surface area contributed by atoms with E-state index < -0.39 is 181 Å². The molecule has 46 nitrogen and oxygen atoms in total. The first-order valence-corrected chi connectivity index (χ1v) is 46.1. The number of aryl methyl sites for hydroxylation is 1. The van der Waals surface area contributed by atoms with Gasteiger partial charge in [0, 0.05) is 50.0 Å². The second kappa shape index (κ2) is 31.7. The van der Waals surface area contributed by atoms with Crippen LogP contribution in [-0.4, -0.2) is 207 Å². The molecule has 0 aliphatic carbocycles. The van der Waals surface area contributed by atoms with Crippen LogP contribution < -0.4 is 45.5 Å². The van der Waals surface area contributed by atoms with Gasteiger partial charge in [-0.1, -0.05) is 20.8 Å². The number of hydrogen-bond acceptors (Lipinski definition) is 39. The molecule has 56 heteroatoms. The Labute approximate surface area is 644 Å². The second-order valence-electron chi connectivity index (χ2n) is 25.8. The predicted molar refractivity (Wildman–Crippen MR) is 402 cm³/mol. The number of nitrogen functional groups attached to an aromatic ring is 5. The molecule has 9 aromatic rings. The number of hydrogen-bond donors (Lipinski definition) is 12. The van der Waals surface area contributed by atoms with Crippen LogP contribution in [0.25, 0.3) is 44.7 Å². The maximum absolute atomic E-state index is 13.5. The lowest BCUT2D eigenvalue weighted by Gasteiger charge is -2.29. The number of H-pyrrole nitrogens is 2. The van der Waals surface area contributed by atoms with Gasteiger partial charge in [-0.25, -0.2) is 44.7 Å². The molecule has 9 aromatic heterocycles. The average Bonchev–Trinajstić information content (AvgIpc) is 1.68. The molecule has 0 saturated carbocycles. The van der Waals surface area contributed by atoms with E-state index in [2.05, 4.69) is 64.8 Å². The number of rotatable bonds is 29. The summed E-state index contributed by atoms with van der Waals surface area (Å²) in [5.41, 5.74) is 29.5. The molecule has 0 amide bonds. The van der Waals surface area contributed by atoms with Gasteiger partial charge >= 0.3 is 39.3 Å². The average molecular weight is 1730 g/mol. The summed E-state index contributed by atoms with van der Waals surface area (Å²) in [4.78, 5) is 149. The van der Waals surface area contributed by atoms with E-state index in [-0.39, 0.29) is 87.6 Å². The summed E-state index contributed by atoms with van der Waals surface area (Å²) in [6.07, 6.45) is -7.40. The smallest absolute Gasteiger partial charge is 0.351 e. The SMILES string of the molecule is CC[C@H]1O[C@@H](n2cnc3c(=O)[nH]c(N)nc32)CC1OP(O)(=S)OC[C@H]1O[C@@H](n2cnc3c(=O)[nH]c(N)nc32)CC1OP(O)(=S)OC[C@H]1O[C@@H](n2cc(C)c(N)nc2=O)CC1OP(O)(=S)OC[C@H]1O[C@@H](n2cnc3c(N)ncnc32)[C@@H](C)C1OP(O)(=S)OC[C@H]1O[C@@H](n2cnc3c(N)ncnc32)[C@@H](C)C1OP(O)(=S)OC. The van der Waals surface area contributed by atoms with Crippen molar-refractivity contribution in [2.24, 2.45) is 11.8 Å². The Balaban J connectivity index is 0.683. The van der Waals surface area contributed by atoms with Crippen molar-refractivity contribution in [3.63, 3.8) is 0 Å². The van der Waals surface area contributed by atoms with Gasteiger partial charge in [0.1, 0.15) is 97.3 Å². The third kappa shape index (κ3) is 17.0. The molecule has 5 fully saturated rings. The first kappa shape index (κ1) is 80.7. The van der Waals surface area contributed by atoms with Gasteiger partial charge in [-0.3, -0.25) is 42.4 Å². The fraction of sp³-hybridized carbons (Fsp3) is 0.556. The van der Waals surface area contributed by atoms with Gasteiger partial charge in [-0.2, -0.15) is 15.0 Å². The number of aromatic amines is 2. The third-order valence-corrected chi connectivity index (χ3v) is 26.7.